The summed E-state index contributed by atoms with van der Waals surface area (Å²) in [6, 6.07) is 11.7. The first-order chi connectivity index (χ1) is 14.5. The lowest BCUT2D eigenvalue weighted by Crippen LogP contribution is -2.33. The van der Waals surface area contributed by atoms with E-state index in [0.29, 0.717) is 11.1 Å². The maximum absolute atomic E-state index is 12.8. The number of nitrogens with one attached hydrogen (secondary N) is 2. The summed E-state index contributed by atoms with van der Waals surface area (Å²) in [6.07, 6.45) is 0.843. The summed E-state index contributed by atoms with van der Waals surface area (Å²) in [4.78, 5) is 26.3. The molecule has 2 amide bonds. The maximum atomic E-state index is 12.8. The first-order valence-electron chi connectivity index (χ1n) is 10.3. The average molecular weight is 444 g/mol. The van der Waals surface area contributed by atoms with Crippen LogP contribution in [0.25, 0.3) is 0 Å². The lowest BCUT2D eigenvalue weighted by molar-refractivity contribution is -0.121. The zero-order valence-corrected chi connectivity index (χ0v) is 19.3. The van der Waals surface area contributed by atoms with Gasteiger partial charge in [0.1, 0.15) is 0 Å². The first-order valence-corrected chi connectivity index (χ1v) is 11.8. The highest BCUT2D eigenvalue weighted by molar-refractivity contribution is 7.89. The highest BCUT2D eigenvalue weighted by Crippen LogP contribution is 2.41. The number of amides is 2. The van der Waals surface area contributed by atoms with Crippen molar-refractivity contribution in [3.63, 3.8) is 0 Å². The molecule has 0 aliphatic carbocycles. The Balaban J connectivity index is 1.72. The summed E-state index contributed by atoms with van der Waals surface area (Å²) in [5, 5.41) is 2.90. The van der Waals surface area contributed by atoms with Crippen LogP contribution in [0.5, 0.6) is 0 Å². The van der Waals surface area contributed by atoms with Crippen molar-refractivity contribution in [3.8, 4) is 0 Å². The molecule has 3 rings (SSSR count). The van der Waals surface area contributed by atoms with Crippen molar-refractivity contribution >= 4 is 27.5 Å². The molecule has 0 saturated carbocycles. The molecule has 0 radical (unpaired) electrons. The van der Waals surface area contributed by atoms with E-state index in [2.05, 4.69) is 10.0 Å². The number of rotatable bonds is 7. The zero-order valence-electron chi connectivity index (χ0n) is 18.5. The van der Waals surface area contributed by atoms with Crippen molar-refractivity contribution in [2.45, 2.75) is 57.0 Å². The van der Waals surface area contributed by atoms with E-state index >= 15 is 0 Å². The molecular formula is C23H29N3O4S. The summed E-state index contributed by atoms with van der Waals surface area (Å²) < 4.78 is 28.3. The van der Waals surface area contributed by atoms with Crippen LogP contribution < -0.4 is 14.9 Å². The Labute approximate surface area is 183 Å². The van der Waals surface area contributed by atoms with Crippen LogP contribution in [-0.4, -0.2) is 33.3 Å². The minimum absolute atomic E-state index is 0.0672. The van der Waals surface area contributed by atoms with Crippen LogP contribution >= 0.6 is 0 Å². The highest BCUT2D eigenvalue weighted by atomic mass is 32.2. The Morgan fingerprint density at radius 2 is 1.77 bits per heavy atom. The summed E-state index contributed by atoms with van der Waals surface area (Å²) >= 11 is 0. The number of benzene rings is 2. The lowest BCUT2D eigenvalue weighted by Gasteiger charge is -2.17. The van der Waals surface area contributed by atoms with Gasteiger partial charge >= 0.3 is 0 Å². The molecule has 7 nitrogen and oxygen atoms in total. The molecule has 31 heavy (non-hydrogen) atoms. The van der Waals surface area contributed by atoms with Gasteiger partial charge in [0.2, 0.25) is 15.9 Å². The molecule has 1 aliphatic rings. The molecule has 8 heteroatoms. The predicted octanol–water partition coefficient (Wildman–Crippen LogP) is 2.95. The van der Waals surface area contributed by atoms with E-state index in [-0.39, 0.29) is 29.3 Å². The van der Waals surface area contributed by atoms with Gasteiger partial charge in [0.15, 0.2) is 0 Å². The largest absolute Gasteiger partial charge is 0.350 e. The molecule has 0 spiro atoms. The Kier molecular flexibility index (Phi) is 6.25. The molecule has 0 aromatic heterocycles. The molecule has 1 heterocycles. The minimum atomic E-state index is -3.77. The molecule has 2 N–H and O–H groups in total. The number of carbonyl (C=O) groups excluding carboxylic acids is 2. The number of hydrogen-bond acceptors (Lipinski definition) is 4. The van der Waals surface area contributed by atoms with Gasteiger partial charge in [-0.1, -0.05) is 19.1 Å². The number of hydrogen-bond donors (Lipinski definition) is 2. The van der Waals surface area contributed by atoms with Crippen LogP contribution in [-0.2, 0) is 26.8 Å². The van der Waals surface area contributed by atoms with Crippen LogP contribution in [0.15, 0.2) is 47.4 Å². The summed E-state index contributed by atoms with van der Waals surface area (Å²) in [6.45, 7) is 7.61. The lowest BCUT2D eigenvalue weighted by atomic mass is 9.86. The van der Waals surface area contributed by atoms with Crippen LogP contribution in [0.2, 0.25) is 0 Å². The Hall–Kier alpha value is -2.71. The molecule has 2 aromatic carbocycles. The summed E-state index contributed by atoms with van der Waals surface area (Å²) in [7, 11) is -2.08. The van der Waals surface area contributed by atoms with Gasteiger partial charge in [-0.25, -0.2) is 13.1 Å². The van der Waals surface area contributed by atoms with Gasteiger partial charge in [-0.3, -0.25) is 9.59 Å². The van der Waals surface area contributed by atoms with Crippen molar-refractivity contribution in [3.05, 3.63) is 59.2 Å². The number of nitrogens with zero attached hydrogens (tertiary/aromatic N) is 1. The molecule has 1 atom stereocenters. The fraction of sp³-hybridized carbons (Fsp3) is 0.391. The first kappa shape index (κ1) is 23.0. The van der Waals surface area contributed by atoms with Crippen LogP contribution in [0.3, 0.4) is 0 Å². The summed E-state index contributed by atoms with van der Waals surface area (Å²) in [5.74, 6) is -0.218. The topological polar surface area (TPSA) is 95.6 Å². The van der Waals surface area contributed by atoms with E-state index < -0.39 is 15.4 Å². The number of sulfonamides is 1. The van der Waals surface area contributed by atoms with Crippen molar-refractivity contribution in [1.82, 2.24) is 10.0 Å². The van der Waals surface area contributed by atoms with E-state index in [4.69, 9.17) is 0 Å². The number of fused-ring (bicyclic) bond motifs is 1. The predicted molar refractivity (Wildman–Crippen MR) is 121 cm³/mol. The Morgan fingerprint density at radius 3 is 2.39 bits per heavy atom. The van der Waals surface area contributed by atoms with Crippen molar-refractivity contribution < 1.29 is 18.0 Å². The fourth-order valence-corrected chi connectivity index (χ4v) is 4.61. The molecule has 166 valence electrons. The molecule has 0 fully saturated rings. The van der Waals surface area contributed by atoms with Crippen LogP contribution in [0.4, 0.5) is 5.69 Å². The second-order valence-corrected chi connectivity index (χ2v) is 10.2. The SMILES string of the molecule is CC[C@@H](C)NC(=O)c1ccc(CNS(=O)(=O)c2ccc3c(c2)C(C)(C)C(=O)N3C)cc1. The van der Waals surface area contributed by atoms with Gasteiger partial charge in [-0.05, 0) is 68.7 Å². The second kappa shape index (κ2) is 8.43. The van der Waals surface area contributed by atoms with Gasteiger partial charge in [0.05, 0.1) is 10.3 Å². The van der Waals surface area contributed by atoms with Gasteiger partial charge in [-0.2, -0.15) is 0 Å². The number of carbonyl (C=O) groups is 2. The van der Waals surface area contributed by atoms with Crippen molar-refractivity contribution in [2.24, 2.45) is 0 Å². The zero-order chi connectivity index (χ0) is 23.0. The van der Waals surface area contributed by atoms with Crippen LogP contribution in [0, 0.1) is 0 Å². The normalized spacial score (nSPS) is 16.2. The van der Waals surface area contributed by atoms with Crippen molar-refractivity contribution in [2.75, 3.05) is 11.9 Å². The maximum Gasteiger partial charge on any atom is 0.251 e. The Morgan fingerprint density at radius 1 is 1.13 bits per heavy atom. The Bertz CT molecular complexity index is 1110. The van der Waals surface area contributed by atoms with E-state index in [0.717, 1.165) is 17.7 Å². The molecular weight excluding hydrogens is 414 g/mol. The van der Waals surface area contributed by atoms with E-state index in [9.17, 15) is 18.0 Å². The standard InChI is InChI=1S/C23H29N3O4S/c1-6-15(2)25-21(27)17-9-7-16(8-10-17)14-24-31(29,30)18-11-12-20-19(13-18)23(3,4)22(28)26(20)5/h7-13,15,24H,6,14H2,1-5H3,(H,25,27)/t15-/m1/s1. The highest BCUT2D eigenvalue weighted by Gasteiger charge is 2.42. The van der Waals surface area contributed by atoms with Gasteiger partial charge < -0.3 is 10.2 Å². The van der Waals surface area contributed by atoms with E-state index in [1.165, 1.54) is 6.07 Å². The quantitative estimate of drug-likeness (QED) is 0.688. The molecule has 0 saturated heterocycles. The molecule has 1 aliphatic heterocycles. The van der Waals surface area contributed by atoms with Crippen LogP contribution in [0.1, 0.15) is 55.6 Å². The van der Waals surface area contributed by atoms with E-state index in [1.54, 1.807) is 62.2 Å². The third-order valence-electron chi connectivity index (χ3n) is 5.82. The fourth-order valence-electron chi connectivity index (χ4n) is 3.56. The third-order valence-corrected chi connectivity index (χ3v) is 7.22. The summed E-state index contributed by atoms with van der Waals surface area (Å²) in [5.41, 5.74) is 1.91. The minimum Gasteiger partial charge on any atom is -0.350 e. The van der Waals surface area contributed by atoms with Crippen molar-refractivity contribution in [1.29, 1.82) is 0 Å². The molecule has 0 bridgehead atoms. The number of likely N-dealkylation sites (N-methyl/N-ethyl adjacent to an activating group) is 1. The third kappa shape index (κ3) is 4.50. The monoisotopic (exact) mass is 443 g/mol. The van der Waals surface area contributed by atoms with E-state index in [1.807, 2.05) is 13.8 Å². The molecule has 0 unspecified atom stereocenters. The van der Waals surface area contributed by atoms with Gasteiger partial charge in [0, 0.05) is 30.9 Å². The molecule has 2 aromatic rings. The van der Waals surface area contributed by atoms with Gasteiger partial charge in [0.25, 0.3) is 5.91 Å². The average Bonchev–Trinajstić information content (AvgIpc) is 2.92. The number of anilines is 1. The second-order valence-electron chi connectivity index (χ2n) is 8.47. The van der Waals surface area contributed by atoms with Gasteiger partial charge in [-0.15, -0.1) is 0 Å². The smallest absolute Gasteiger partial charge is 0.251 e.